The Bertz CT molecular complexity index is 520. The molecule has 3 aliphatic heterocycles. The number of aliphatic hydroxyl groups is 3. The van der Waals surface area contributed by atoms with Gasteiger partial charge in [-0.2, -0.15) is 0 Å². The lowest BCUT2D eigenvalue weighted by molar-refractivity contribution is -0.141. The molecule has 0 spiro atoms. The van der Waals surface area contributed by atoms with E-state index in [4.69, 9.17) is 30.6 Å². The van der Waals surface area contributed by atoms with Crippen molar-refractivity contribution in [3.63, 3.8) is 0 Å². The first kappa shape index (κ1) is 31.2. The van der Waals surface area contributed by atoms with E-state index in [9.17, 15) is 14.4 Å². The Morgan fingerprint density at radius 1 is 0.636 bits per heavy atom. The molecule has 0 aliphatic carbocycles. The number of hydrogen-bond donors (Lipinski definition) is 6. The SMILES string of the molecule is CC(C(=O)O)N1CC1.CC(C(=O)O)N1CC1.CC(C(=O)O)N1CC1.CCC(CO)(CO)CO. The molecule has 3 heterocycles. The second-order valence-electron chi connectivity index (χ2n) is 8.48. The third kappa shape index (κ3) is 12.8. The largest absolute Gasteiger partial charge is 0.480 e. The molecule has 0 aromatic heterocycles. The molecule has 0 aromatic carbocycles. The molecule has 0 radical (unpaired) electrons. The van der Waals surface area contributed by atoms with Gasteiger partial charge in [0.15, 0.2) is 0 Å². The van der Waals surface area contributed by atoms with E-state index in [1.54, 1.807) is 20.8 Å². The molecule has 3 fully saturated rings. The summed E-state index contributed by atoms with van der Waals surface area (Å²) in [4.78, 5) is 36.1. The molecular weight excluding hydrogens is 438 g/mol. The molecule has 12 nitrogen and oxygen atoms in total. The van der Waals surface area contributed by atoms with Crippen molar-refractivity contribution in [2.45, 2.75) is 52.2 Å². The summed E-state index contributed by atoms with van der Waals surface area (Å²) >= 11 is 0. The third-order valence-corrected chi connectivity index (χ3v) is 5.92. The smallest absolute Gasteiger partial charge is 0.320 e. The first-order valence-corrected chi connectivity index (χ1v) is 11.1. The molecule has 3 atom stereocenters. The van der Waals surface area contributed by atoms with E-state index in [-0.39, 0.29) is 37.9 Å². The number of carbonyl (C=O) groups is 3. The number of carboxylic acids is 3. The zero-order chi connectivity index (χ0) is 25.8. The second-order valence-corrected chi connectivity index (χ2v) is 8.48. The highest BCUT2D eigenvalue weighted by Crippen LogP contribution is 2.18. The molecule has 12 heteroatoms. The zero-order valence-corrected chi connectivity index (χ0v) is 20.1. The summed E-state index contributed by atoms with van der Waals surface area (Å²) in [6, 6.07) is -0.806. The van der Waals surface area contributed by atoms with Gasteiger partial charge in [0.05, 0.1) is 19.8 Å². The quantitative estimate of drug-likeness (QED) is 0.204. The van der Waals surface area contributed by atoms with Crippen LogP contribution in [0.5, 0.6) is 0 Å². The number of rotatable bonds is 10. The summed E-state index contributed by atoms with van der Waals surface area (Å²) in [5, 5.41) is 51.0. The first-order valence-electron chi connectivity index (χ1n) is 11.1. The minimum atomic E-state index is -0.720. The highest BCUT2D eigenvalue weighted by Gasteiger charge is 2.29. The molecule has 6 N–H and O–H groups in total. The molecule has 3 aliphatic rings. The molecule has 3 rings (SSSR count). The Hall–Kier alpha value is -1.83. The molecule has 0 aromatic rings. The normalized spacial score (nSPS) is 19.7. The number of aliphatic carboxylic acids is 3. The van der Waals surface area contributed by atoms with Crippen molar-refractivity contribution in [3.8, 4) is 0 Å². The van der Waals surface area contributed by atoms with Crippen molar-refractivity contribution in [2.24, 2.45) is 5.41 Å². The number of hydrogen-bond acceptors (Lipinski definition) is 9. The Morgan fingerprint density at radius 3 is 0.879 bits per heavy atom. The Balaban J connectivity index is 0.000000414. The fraction of sp³-hybridized carbons (Fsp3) is 0.857. The van der Waals surface area contributed by atoms with Crippen molar-refractivity contribution in [1.29, 1.82) is 0 Å². The van der Waals surface area contributed by atoms with Gasteiger partial charge in [-0.25, -0.2) is 0 Å². The molecule has 0 bridgehead atoms. The first-order chi connectivity index (χ1) is 15.4. The van der Waals surface area contributed by atoms with Crippen LogP contribution in [-0.4, -0.2) is 140 Å². The van der Waals surface area contributed by atoms with E-state index < -0.39 is 23.3 Å². The molecule has 3 unspecified atom stereocenters. The minimum absolute atomic E-state index is 0.156. The fourth-order valence-electron chi connectivity index (χ4n) is 2.29. The average Bonchev–Trinajstić information content (AvgIpc) is 3.64. The lowest BCUT2D eigenvalue weighted by Crippen LogP contribution is -2.32. The molecule has 33 heavy (non-hydrogen) atoms. The van der Waals surface area contributed by atoms with Crippen LogP contribution >= 0.6 is 0 Å². The topological polar surface area (TPSA) is 182 Å². The van der Waals surface area contributed by atoms with E-state index in [0.29, 0.717) is 6.42 Å². The van der Waals surface area contributed by atoms with Crippen molar-refractivity contribution in [2.75, 3.05) is 59.1 Å². The fourth-order valence-corrected chi connectivity index (χ4v) is 2.29. The lowest BCUT2D eigenvalue weighted by Gasteiger charge is -2.24. The van der Waals surface area contributed by atoms with Gasteiger partial charge in [-0.15, -0.1) is 0 Å². The van der Waals surface area contributed by atoms with Crippen LogP contribution in [0.4, 0.5) is 0 Å². The standard InChI is InChI=1S/C6H14O3.3C5H9NO2/c1-2-6(3-7,4-8)5-9;3*1-4(5(7)8)6-2-3-6/h7-9H,2-5H2,1H3;3*4H,2-3H2,1H3,(H,7,8). The summed E-state index contributed by atoms with van der Waals surface area (Å²) in [7, 11) is 0. The molecule has 3 saturated heterocycles. The van der Waals surface area contributed by atoms with Crippen LogP contribution in [0, 0.1) is 5.41 Å². The van der Waals surface area contributed by atoms with Crippen LogP contribution in [-0.2, 0) is 14.4 Å². The van der Waals surface area contributed by atoms with Crippen LogP contribution in [0.2, 0.25) is 0 Å². The average molecular weight is 480 g/mol. The summed E-state index contributed by atoms with van der Waals surface area (Å²) in [6.07, 6.45) is 0.594. The third-order valence-electron chi connectivity index (χ3n) is 5.92. The van der Waals surface area contributed by atoms with Crippen LogP contribution in [0.15, 0.2) is 0 Å². The van der Waals surface area contributed by atoms with Gasteiger partial charge in [-0.1, -0.05) is 6.92 Å². The van der Waals surface area contributed by atoms with Crippen molar-refractivity contribution in [1.82, 2.24) is 14.7 Å². The van der Waals surface area contributed by atoms with Gasteiger partial charge in [0.25, 0.3) is 0 Å². The van der Waals surface area contributed by atoms with Gasteiger partial charge in [-0.05, 0) is 27.2 Å². The maximum absolute atomic E-state index is 10.1. The minimum Gasteiger partial charge on any atom is -0.480 e. The predicted molar refractivity (Wildman–Crippen MR) is 120 cm³/mol. The number of nitrogens with zero attached hydrogens (tertiary/aromatic N) is 3. The molecule has 194 valence electrons. The molecule has 0 saturated carbocycles. The van der Waals surface area contributed by atoms with Crippen molar-refractivity contribution >= 4 is 17.9 Å². The van der Waals surface area contributed by atoms with Gasteiger partial charge in [0.2, 0.25) is 0 Å². The predicted octanol–water partition coefficient (Wildman–Crippen LogP) is -1.31. The van der Waals surface area contributed by atoms with E-state index in [1.807, 2.05) is 21.6 Å². The Labute approximate surface area is 195 Å². The summed E-state index contributed by atoms with van der Waals surface area (Å²) in [5.74, 6) is -2.16. The van der Waals surface area contributed by atoms with Crippen molar-refractivity contribution < 1.29 is 45.0 Å². The summed E-state index contributed by atoms with van der Waals surface area (Å²) in [5.41, 5.74) is -0.667. The van der Waals surface area contributed by atoms with Gasteiger partial charge in [-0.3, -0.25) is 29.1 Å². The van der Waals surface area contributed by atoms with Crippen LogP contribution in [0.1, 0.15) is 34.1 Å². The van der Waals surface area contributed by atoms with Crippen molar-refractivity contribution in [3.05, 3.63) is 0 Å². The maximum Gasteiger partial charge on any atom is 0.320 e. The zero-order valence-electron chi connectivity index (χ0n) is 20.1. The van der Waals surface area contributed by atoms with Gasteiger partial charge in [0.1, 0.15) is 18.1 Å². The van der Waals surface area contributed by atoms with E-state index in [2.05, 4.69) is 0 Å². The summed E-state index contributed by atoms with van der Waals surface area (Å²) in [6.45, 7) is 12.2. The van der Waals surface area contributed by atoms with Crippen LogP contribution in [0.3, 0.4) is 0 Å². The molecule has 0 amide bonds. The lowest BCUT2D eigenvalue weighted by atomic mass is 9.88. The van der Waals surface area contributed by atoms with E-state index >= 15 is 0 Å². The Kier molecular flexibility index (Phi) is 14.3. The molecular formula is C21H41N3O9. The van der Waals surface area contributed by atoms with Crippen LogP contribution < -0.4 is 0 Å². The second kappa shape index (κ2) is 15.1. The Morgan fingerprint density at radius 2 is 0.848 bits per heavy atom. The number of aliphatic hydroxyl groups excluding tert-OH is 3. The highest BCUT2D eigenvalue weighted by molar-refractivity contribution is 5.74. The summed E-state index contributed by atoms with van der Waals surface area (Å²) < 4.78 is 0. The van der Waals surface area contributed by atoms with Gasteiger partial charge in [0, 0.05) is 44.7 Å². The number of carboxylic acid groups (broad SMARTS) is 3. The van der Waals surface area contributed by atoms with E-state index in [1.165, 1.54) is 0 Å². The van der Waals surface area contributed by atoms with Gasteiger partial charge < -0.3 is 30.6 Å². The van der Waals surface area contributed by atoms with E-state index in [0.717, 1.165) is 39.3 Å². The maximum atomic E-state index is 10.1. The van der Waals surface area contributed by atoms with Crippen LogP contribution in [0.25, 0.3) is 0 Å². The highest BCUT2D eigenvalue weighted by atomic mass is 16.4. The van der Waals surface area contributed by atoms with Gasteiger partial charge >= 0.3 is 17.9 Å². The monoisotopic (exact) mass is 479 g/mol.